The van der Waals surface area contributed by atoms with E-state index in [9.17, 15) is 4.79 Å². The van der Waals surface area contributed by atoms with Crippen LogP contribution < -0.4 is 0 Å². The van der Waals surface area contributed by atoms with E-state index in [1.165, 1.54) is 64.2 Å². The van der Waals surface area contributed by atoms with Crippen molar-refractivity contribution in [3.63, 3.8) is 0 Å². The van der Waals surface area contributed by atoms with Gasteiger partial charge in [0, 0.05) is 17.6 Å². The van der Waals surface area contributed by atoms with E-state index in [-0.39, 0.29) is 16.4 Å². The van der Waals surface area contributed by atoms with Gasteiger partial charge in [-0.15, -0.1) is 0 Å². The predicted octanol–water partition coefficient (Wildman–Crippen LogP) is 10.1. The number of carbonyl (C=O) groups is 1. The van der Waals surface area contributed by atoms with Crippen molar-refractivity contribution < 1.29 is 13.8 Å². The van der Waals surface area contributed by atoms with Gasteiger partial charge in [0.05, 0.1) is 0 Å². The fraction of sp³-hybridized carbons (Fsp3) is 0.906. The van der Waals surface area contributed by atoms with Crippen LogP contribution in [0.3, 0.4) is 0 Å². The molecule has 2 saturated carbocycles. The van der Waals surface area contributed by atoms with Gasteiger partial charge in [0.15, 0.2) is 0 Å². The van der Waals surface area contributed by atoms with Crippen molar-refractivity contribution in [2.75, 3.05) is 0 Å². The summed E-state index contributed by atoms with van der Waals surface area (Å²) in [6.45, 7) is 19.1. The Bertz CT molecular complexity index is 723. The maximum Gasteiger partial charge on any atom is 0.302 e. The lowest BCUT2D eigenvalue weighted by atomic mass is 9.57. The SMILES string of the molecule is CC[C@H](CCC(C)[C@H]1CCC(C)[C@]1(C)CCC1CCC=C2C[C@@H](OC(C)=O)CC[C@@]21C)C(C)C.[HH].[HH].[HH]. The summed E-state index contributed by atoms with van der Waals surface area (Å²) in [5, 5.41) is 0. The average molecular weight is 479 g/mol. The molecule has 0 saturated heterocycles. The topological polar surface area (TPSA) is 26.3 Å². The summed E-state index contributed by atoms with van der Waals surface area (Å²) in [6.07, 6.45) is 18.1. The number of rotatable bonds is 10. The first-order chi connectivity index (χ1) is 16.0. The van der Waals surface area contributed by atoms with E-state index in [0.29, 0.717) is 10.8 Å². The van der Waals surface area contributed by atoms with Gasteiger partial charge in [0.25, 0.3) is 0 Å². The van der Waals surface area contributed by atoms with Gasteiger partial charge in [-0.3, -0.25) is 4.79 Å². The summed E-state index contributed by atoms with van der Waals surface area (Å²) >= 11 is 0. The van der Waals surface area contributed by atoms with Crippen molar-refractivity contribution in [2.45, 2.75) is 139 Å². The maximum absolute atomic E-state index is 11.5. The molecule has 0 aromatic rings. The van der Waals surface area contributed by atoms with E-state index in [1.807, 2.05) is 0 Å². The number of fused-ring (bicyclic) bond motifs is 1. The molecule has 0 radical (unpaired) electrons. The molecule has 34 heavy (non-hydrogen) atoms. The van der Waals surface area contributed by atoms with Crippen molar-refractivity contribution in [3.05, 3.63) is 11.6 Å². The number of allylic oxidation sites excluding steroid dienone is 1. The normalized spacial score (nSPS) is 37.7. The zero-order chi connectivity index (χ0) is 25.1. The first-order valence-electron chi connectivity index (χ1n) is 14.9. The minimum absolute atomic E-state index is 0. The molecule has 0 aromatic heterocycles. The number of ether oxygens (including phenoxy) is 1. The van der Waals surface area contributed by atoms with Crippen LogP contribution in [0.25, 0.3) is 0 Å². The number of esters is 1. The van der Waals surface area contributed by atoms with Crippen LogP contribution >= 0.6 is 0 Å². The van der Waals surface area contributed by atoms with Gasteiger partial charge in [0.1, 0.15) is 6.10 Å². The van der Waals surface area contributed by atoms with E-state index >= 15 is 0 Å². The zero-order valence-electron chi connectivity index (χ0n) is 23.9. The third-order valence-corrected chi connectivity index (χ3v) is 11.4. The molecule has 0 N–H and O–H groups in total. The summed E-state index contributed by atoms with van der Waals surface area (Å²) in [5.74, 6) is 4.95. The Morgan fingerprint density at radius 2 is 1.88 bits per heavy atom. The Kier molecular flexibility index (Phi) is 9.41. The monoisotopic (exact) mass is 478 g/mol. The van der Waals surface area contributed by atoms with E-state index in [2.05, 4.69) is 54.5 Å². The highest BCUT2D eigenvalue weighted by atomic mass is 16.5. The van der Waals surface area contributed by atoms with Crippen molar-refractivity contribution in [1.82, 2.24) is 0 Å². The summed E-state index contributed by atoms with van der Waals surface area (Å²) in [4.78, 5) is 11.5. The minimum atomic E-state index is -0.122. The van der Waals surface area contributed by atoms with Crippen LogP contribution in [-0.2, 0) is 9.53 Å². The number of hydrogen-bond acceptors (Lipinski definition) is 2. The minimum Gasteiger partial charge on any atom is -0.462 e. The highest BCUT2D eigenvalue weighted by Gasteiger charge is 2.48. The van der Waals surface area contributed by atoms with Crippen LogP contribution in [0.1, 0.15) is 137 Å². The second-order valence-electron chi connectivity index (χ2n) is 13.5. The largest absolute Gasteiger partial charge is 0.462 e. The molecule has 3 rings (SSSR count). The second-order valence-corrected chi connectivity index (χ2v) is 13.5. The smallest absolute Gasteiger partial charge is 0.302 e. The number of carbonyl (C=O) groups excluding carboxylic acids is 1. The second kappa shape index (κ2) is 11.5. The summed E-state index contributed by atoms with van der Waals surface area (Å²) in [7, 11) is 0. The molecule has 202 valence electrons. The van der Waals surface area contributed by atoms with Crippen LogP contribution in [0.15, 0.2) is 11.6 Å². The quantitative estimate of drug-likeness (QED) is 0.230. The van der Waals surface area contributed by atoms with Gasteiger partial charge in [-0.05, 0) is 104 Å². The van der Waals surface area contributed by atoms with Crippen LogP contribution in [0.4, 0.5) is 0 Å². The molecule has 2 nitrogen and oxygen atoms in total. The van der Waals surface area contributed by atoms with Crippen molar-refractivity contribution in [3.8, 4) is 0 Å². The van der Waals surface area contributed by atoms with E-state index in [4.69, 9.17) is 4.74 Å². The molecule has 0 bridgehead atoms. The Morgan fingerprint density at radius 3 is 2.53 bits per heavy atom. The standard InChI is InChI=1S/C32H56O2.3H2/c1-9-26(22(2)3)15-13-23(4)30-16-14-24(5)31(30,7)19-17-27-11-10-12-28-21-29(34-25(6)33)18-20-32(27,28)8;;;/h12,22-24,26-27,29-30H,9-11,13-21H2,1-8H3;3*1H/t23?,24?,26-,27?,29+,30-,31+,32-;;;/m1.../s1. The Hall–Kier alpha value is -0.790. The van der Waals surface area contributed by atoms with Crippen molar-refractivity contribution in [1.29, 1.82) is 0 Å². The number of hydrogen-bond donors (Lipinski definition) is 0. The van der Waals surface area contributed by atoms with Gasteiger partial charge in [0.2, 0.25) is 0 Å². The fourth-order valence-corrected chi connectivity index (χ4v) is 8.55. The lowest BCUT2D eigenvalue weighted by molar-refractivity contribution is -0.148. The molecule has 3 aliphatic rings. The van der Waals surface area contributed by atoms with Crippen LogP contribution in [-0.4, -0.2) is 12.1 Å². The van der Waals surface area contributed by atoms with Crippen molar-refractivity contribution in [2.24, 2.45) is 46.3 Å². The van der Waals surface area contributed by atoms with E-state index < -0.39 is 0 Å². The van der Waals surface area contributed by atoms with E-state index in [0.717, 1.165) is 48.3 Å². The van der Waals surface area contributed by atoms with Crippen molar-refractivity contribution >= 4 is 5.97 Å². The summed E-state index contributed by atoms with van der Waals surface area (Å²) in [5.41, 5.74) is 2.40. The highest BCUT2D eigenvalue weighted by molar-refractivity contribution is 5.66. The van der Waals surface area contributed by atoms with Gasteiger partial charge < -0.3 is 4.74 Å². The molecule has 0 amide bonds. The Morgan fingerprint density at radius 1 is 1.15 bits per heavy atom. The molecule has 0 heterocycles. The highest BCUT2D eigenvalue weighted by Crippen LogP contribution is 2.58. The molecule has 2 heteroatoms. The molecule has 0 aliphatic heterocycles. The Balaban J connectivity index is 0.00000432. The lowest BCUT2D eigenvalue weighted by Gasteiger charge is -2.49. The summed E-state index contributed by atoms with van der Waals surface area (Å²) < 4.78 is 5.61. The van der Waals surface area contributed by atoms with Gasteiger partial charge in [-0.1, -0.05) is 73.0 Å². The summed E-state index contributed by atoms with van der Waals surface area (Å²) in [6, 6.07) is 0. The lowest BCUT2D eigenvalue weighted by Crippen LogP contribution is -2.40. The molecule has 0 aromatic carbocycles. The van der Waals surface area contributed by atoms with Crippen LogP contribution in [0.5, 0.6) is 0 Å². The molecule has 8 atom stereocenters. The molecule has 2 fully saturated rings. The molecule has 3 unspecified atom stereocenters. The van der Waals surface area contributed by atoms with Gasteiger partial charge >= 0.3 is 5.97 Å². The third kappa shape index (κ3) is 5.95. The van der Waals surface area contributed by atoms with E-state index in [1.54, 1.807) is 12.5 Å². The third-order valence-electron chi connectivity index (χ3n) is 11.4. The first-order valence-corrected chi connectivity index (χ1v) is 14.9. The molecular weight excluding hydrogens is 416 g/mol. The van der Waals surface area contributed by atoms with Crippen LogP contribution in [0.2, 0.25) is 0 Å². The maximum atomic E-state index is 11.5. The first kappa shape index (κ1) is 27.8. The average Bonchev–Trinajstić information content (AvgIpc) is 3.06. The Labute approximate surface area is 216 Å². The zero-order valence-corrected chi connectivity index (χ0v) is 23.9. The predicted molar refractivity (Wildman–Crippen MR) is 151 cm³/mol. The van der Waals surface area contributed by atoms with Gasteiger partial charge in [-0.25, -0.2) is 0 Å². The molecule has 3 aliphatic carbocycles. The molecular formula is C32H62O2. The molecule has 0 spiro atoms. The fourth-order valence-electron chi connectivity index (χ4n) is 8.55. The van der Waals surface area contributed by atoms with Gasteiger partial charge in [-0.2, -0.15) is 0 Å². The van der Waals surface area contributed by atoms with Crippen LogP contribution in [0, 0.1) is 46.3 Å².